The van der Waals surface area contributed by atoms with E-state index in [9.17, 15) is 13.2 Å². The molecular weight excluding hydrogens is 383 g/mol. The van der Waals surface area contributed by atoms with Gasteiger partial charge < -0.3 is 9.32 Å². The normalized spacial score (nSPS) is 16.7. The second kappa shape index (κ2) is 6.45. The Bertz CT molecular complexity index is 790. The molecular formula is C13H12Cl2N2O4S2. The summed E-state index contributed by atoms with van der Waals surface area (Å²) >= 11 is 12.6. The SMILES string of the molecule is O=C(c1ccco1)N1CCN(S(=O)(=O)c2cc(Cl)c(Cl)s2)CC1. The van der Waals surface area contributed by atoms with Crippen LogP contribution in [0, 0.1) is 0 Å². The largest absolute Gasteiger partial charge is 0.459 e. The molecule has 1 fully saturated rings. The summed E-state index contributed by atoms with van der Waals surface area (Å²) in [6.45, 7) is 1.01. The van der Waals surface area contributed by atoms with Crippen molar-refractivity contribution in [2.75, 3.05) is 26.2 Å². The molecule has 1 saturated heterocycles. The Morgan fingerprint density at radius 3 is 2.43 bits per heavy atom. The van der Waals surface area contributed by atoms with Gasteiger partial charge in [-0.2, -0.15) is 4.31 Å². The molecule has 0 aromatic carbocycles. The number of piperazine rings is 1. The van der Waals surface area contributed by atoms with Crippen molar-refractivity contribution in [1.82, 2.24) is 9.21 Å². The standard InChI is InChI=1S/C13H12Cl2N2O4S2/c14-9-8-11(22-12(9)15)23(19,20)17-5-3-16(4-6-17)13(18)10-2-1-7-21-10/h1-2,7-8H,3-6H2. The van der Waals surface area contributed by atoms with Gasteiger partial charge in [-0.15, -0.1) is 11.3 Å². The molecule has 0 bridgehead atoms. The number of hydrogen-bond acceptors (Lipinski definition) is 5. The lowest BCUT2D eigenvalue weighted by Gasteiger charge is -2.33. The maximum absolute atomic E-state index is 12.6. The summed E-state index contributed by atoms with van der Waals surface area (Å²) in [5, 5.41) is 0.224. The van der Waals surface area contributed by atoms with Crippen molar-refractivity contribution in [3.8, 4) is 0 Å². The van der Waals surface area contributed by atoms with Crippen LogP contribution in [-0.4, -0.2) is 49.7 Å². The Morgan fingerprint density at radius 2 is 1.91 bits per heavy atom. The van der Waals surface area contributed by atoms with E-state index in [1.54, 1.807) is 17.0 Å². The van der Waals surface area contributed by atoms with Crippen molar-refractivity contribution in [3.63, 3.8) is 0 Å². The Hall–Kier alpha value is -1.06. The maximum Gasteiger partial charge on any atom is 0.289 e. The van der Waals surface area contributed by atoms with E-state index < -0.39 is 10.0 Å². The predicted octanol–water partition coefficient (Wildman–Crippen LogP) is 2.79. The van der Waals surface area contributed by atoms with Crippen LogP contribution in [0.3, 0.4) is 0 Å². The van der Waals surface area contributed by atoms with Crippen LogP contribution in [0.1, 0.15) is 10.6 Å². The number of furan rings is 1. The van der Waals surface area contributed by atoms with E-state index in [2.05, 4.69) is 0 Å². The van der Waals surface area contributed by atoms with Crippen LogP contribution in [0.25, 0.3) is 0 Å². The summed E-state index contributed by atoms with van der Waals surface area (Å²) in [6.07, 6.45) is 1.43. The molecule has 0 N–H and O–H groups in total. The van der Waals surface area contributed by atoms with Gasteiger partial charge in [0.15, 0.2) is 5.76 Å². The van der Waals surface area contributed by atoms with Gasteiger partial charge in [-0.05, 0) is 18.2 Å². The summed E-state index contributed by atoms with van der Waals surface area (Å²) in [6, 6.07) is 4.57. The first-order valence-electron chi connectivity index (χ1n) is 6.67. The highest BCUT2D eigenvalue weighted by Crippen LogP contribution is 2.35. The van der Waals surface area contributed by atoms with Crippen LogP contribution in [0.2, 0.25) is 9.36 Å². The fraction of sp³-hybridized carbons (Fsp3) is 0.308. The molecule has 2 aromatic rings. The molecule has 3 rings (SSSR count). The maximum atomic E-state index is 12.6. The lowest BCUT2D eigenvalue weighted by molar-refractivity contribution is 0.0666. The Labute approximate surface area is 147 Å². The van der Waals surface area contributed by atoms with Crippen LogP contribution in [-0.2, 0) is 10.0 Å². The number of amides is 1. The average Bonchev–Trinajstić information content (AvgIpc) is 3.18. The topological polar surface area (TPSA) is 70.8 Å². The minimum Gasteiger partial charge on any atom is -0.459 e. The average molecular weight is 395 g/mol. The van der Waals surface area contributed by atoms with Crippen LogP contribution < -0.4 is 0 Å². The van der Waals surface area contributed by atoms with Gasteiger partial charge in [0.25, 0.3) is 15.9 Å². The zero-order chi connectivity index (χ0) is 16.6. The summed E-state index contributed by atoms with van der Waals surface area (Å²) in [5.74, 6) is 0.00684. The number of carbonyl (C=O) groups is 1. The number of hydrogen-bond donors (Lipinski definition) is 0. The van der Waals surface area contributed by atoms with Crippen molar-refractivity contribution in [2.24, 2.45) is 0 Å². The zero-order valence-corrected chi connectivity index (χ0v) is 14.9. The molecule has 1 aliphatic rings. The minimum atomic E-state index is -3.65. The number of halogens is 2. The third-order valence-corrected chi connectivity index (χ3v) is 7.69. The molecule has 0 atom stereocenters. The Morgan fingerprint density at radius 1 is 1.22 bits per heavy atom. The van der Waals surface area contributed by atoms with Crippen molar-refractivity contribution < 1.29 is 17.6 Å². The summed E-state index contributed by atoms with van der Waals surface area (Å²) in [5.41, 5.74) is 0. The van der Waals surface area contributed by atoms with Crippen molar-refractivity contribution in [1.29, 1.82) is 0 Å². The smallest absolute Gasteiger partial charge is 0.289 e. The van der Waals surface area contributed by atoms with Crippen molar-refractivity contribution in [3.05, 3.63) is 39.6 Å². The Balaban J connectivity index is 1.70. The molecule has 0 spiro atoms. The molecule has 6 nitrogen and oxygen atoms in total. The molecule has 0 saturated carbocycles. The van der Waals surface area contributed by atoms with Crippen LogP contribution >= 0.6 is 34.5 Å². The van der Waals surface area contributed by atoms with Gasteiger partial charge in [-0.25, -0.2) is 8.42 Å². The monoisotopic (exact) mass is 394 g/mol. The lowest BCUT2D eigenvalue weighted by atomic mass is 10.3. The van der Waals surface area contributed by atoms with Gasteiger partial charge in [0.1, 0.15) is 8.55 Å². The lowest BCUT2D eigenvalue weighted by Crippen LogP contribution is -2.50. The highest BCUT2D eigenvalue weighted by Gasteiger charge is 2.32. The molecule has 3 heterocycles. The van der Waals surface area contributed by atoms with E-state index in [-0.39, 0.29) is 38.3 Å². The number of carbonyl (C=O) groups excluding carboxylic acids is 1. The van der Waals surface area contributed by atoms with E-state index in [0.717, 1.165) is 11.3 Å². The molecule has 1 aliphatic heterocycles. The van der Waals surface area contributed by atoms with Gasteiger partial charge >= 0.3 is 0 Å². The van der Waals surface area contributed by atoms with Gasteiger partial charge in [0, 0.05) is 26.2 Å². The second-order valence-electron chi connectivity index (χ2n) is 4.86. The van der Waals surface area contributed by atoms with Crippen LogP contribution in [0.15, 0.2) is 33.1 Å². The Kier molecular flexibility index (Phi) is 4.70. The molecule has 23 heavy (non-hydrogen) atoms. The quantitative estimate of drug-likeness (QED) is 0.802. The number of sulfonamides is 1. The van der Waals surface area contributed by atoms with Crippen molar-refractivity contribution >= 4 is 50.5 Å². The zero-order valence-electron chi connectivity index (χ0n) is 11.7. The molecule has 10 heteroatoms. The highest BCUT2D eigenvalue weighted by molar-refractivity contribution is 7.91. The fourth-order valence-corrected chi connectivity index (χ4v) is 5.73. The van der Waals surface area contributed by atoms with Gasteiger partial charge in [0.05, 0.1) is 11.3 Å². The van der Waals surface area contributed by atoms with E-state index in [1.807, 2.05) is 0 Å². The third-order valence-electron chi connectivity index (χ3n) is 3.47. The molecule has 124 valence electrons. The summed E-state index contributed by atoms with van der Waals surface area (Å²) in [7, 11) is -3.65. The van der Waals surface area contributed by atoms with Crippen LogP contribution in [0.4, 0.5) is 0 Å². The van der Waals surface area contributed by atoms with E-state index in [0.29, 0.717) is 13.1 Å². The van der Waals surface area contributed by atoms with E-state index in [4.69, 9.17) is 27.6 Å². The molecule has 0 radical (unpaired) electrons. The van der Waals surface area contributed by atoms with Gasteiger partial charge in [-0.3, -0.25) is 4.79 Å². The van der Waals surface area contributed by atoms with E-state index >= 15 is 0 Å². The third kappa shape index (κ3) is 3.27. The molecule has 1 amide bonds. The van der Waals surface area contributed by atoms with Gasteiger partial charge in [0.2, 0.25) is 0 Å². The van der Waals surface area contributed by atoms with E-state index in [1.165, 1.54) is 16.6 Å². The first-order valence-corrected chi connectivity index (χ1v) is 9.68. The minimum absolute atomic E-state index is 0.110. The number of rotatable bonds is 3. The fourth-order valence-electron chi connectivity index (χ4n) is 2.27. The van der Waals surface area contributed by atoms with Crippen molar-refractivity contribution in [2.45, 2.75) is 4.21 Å². The summed E-state index contributed by atoms with van der Waals surface area (Å²) < 4.78 is 31.9. The summed E-state index contributed by atoms with van der Waals surface area (Å²) in [4.78, 5) is 13.7. The first kappa shape index (κ1) is 16.8. The van der Waals surface area contributed by atoms with Gasteiger partial charge in [-0.1, -0.05) is 23.2 Å². The molecule has 0 unspecified atom stereocenters. The number of thiophene rings is 1. The second-order valence-corrected chi connectivity index (χ2v) is 9.09. The predicted molar refractivity (Wildman–Crippen MR) is 87.7 cm³/mol. The highest BCUT2D eigenvalue weighted by atomic mass is 35.5. The first-order chi connectivity index (χ1) is 10.9. The molecule has 2 aromatic heterocycles. The number of nitrogens with zero attached hydrogens (tertiary/aromatic N) is 2. The van der Waals surface area contributed by atoms with Crippen LogP contribution in [0.5, 0.6) is 0 Å². The molecule has 0 aliphatic carbocycles.